The molecule has 5 aromatic rings. The maximum Gasteiger partial charge on any atom is 0.241 e. The van der Waals surface area contributed by atoms with Crippen molar-refractivity contribution in [3.05, 3.63) is 84.7 Å². The van der Waals surface area contributed by atoms with E-state index in [1.54, 1.807) is 42.9 Å². The molecule has 2 aromatic carbocycles. The molecule has 0 aliphatic rings. The predicted octanol–water partition coefficient (Wildman–Crippen LogP) is 6.62. The summed E-state index contributed by atoms with van der Waals surface area (Å²) < 4.78 is 35.0. The van der Waals surface area contributed by atoms with Gasteiger partial charge in [0, 0.05) is 33.1 Å². The largest absolute Gasteiger partial charge is 0.495 e. The summed E-state index contributed by atoms with van der Waals surface area (Å²) in [6.45, 7) is 8.08. The van der Waals surface area contributed by atoms with E-state index < -0.39 is 31.6 Å². The normalized spacial score (nSPS) is 12.2. The zero-order valence-corrected chi connectivity index (χ0v) is 27.2. The number of pyridine rings is 1. The molecule has 3 N–H and O–H groups in total. The van der Waals surface area contributed by atoms with Gasteiger partial charge in [-0.15, -0.1) is 11.3 Å². The fourth-order valence-electron chi connectivity index (χ4n) is 4.52. The summed E-state index contributed by atoms with van der Waals surface area (Å²) in [4.78, 5) is 35.2. The maximum atomic E-state index is 15.4. The summed E-state index contributed by atoms with van der Waals surface area (Å²) >= 11 is 1.42. The van der Waals surface area contributed by atoms with Gasteiger partial charge in [-0.2, -0.15) is 0 Å². The summed E-state index contributed by atoms with van der Waals surface area (Å²) in [6.07, 6.45) is 5.22. The number of halogens is 1. The van der Waals surface area contributed by atoms with Gasteiger partial charge in [-0.05, 0) is 41.9 Å². The van der Waals surface area contributed by atoms with Gasteiger partial charge < -0.3 is 29.8 Å². The first-order valence-corrected chi connectivity index (χ1v) is 18.7. The highest BCUT2D eigenvalue weighted by molar-refractivity contribution is 7.22. The third-order valence-corrected chi connectivity index (χ3v) is 9.78. The van der Waals surface area contributed by atoms with Crippen LogP contribution in [0.5, 0.6) is 17.2 Å². The molecule has 234 valence electrons. The minimum Gasteiger partial charge on any atom is -0.495 e. The number of nitrogens with one attached hydrogen (secondary N) is 1. The Balaban J connectivity index is 1.32. The number of hydrogen-bond acceptors (Lipinski definition) is 8. The lowest BCUT2D eigenvalue weighted by Crippen LogP contribution is -2.32. The smallest absolute Gasteiger partial charge is 0.241 e. The number of para-hydroxylation sites is 2. The molecule has 1 unspecified atom stereocenters. The minimum atomic E-state index is -1.45. The van der Waals surface area contributed by atoms with E-state index in [9.17, 15) is 9.59 Å². The van der Waals surface area contributed by atoms with Gasteiger partial charge in [-0.1, -0.05) is 37.8 Å². The third-order valence-electron chi connectivity index (χ3n) is 6.92. The number of primary amides is 1. The highest BCUT2D eigenvalue weighted by Crippen LogP contribution is 2.39. The van der Waals surface area contributed by atoms with E-state index in [1.165, 1.54) is 30.6 Å². The van der Waals surface area contributed by atoms with Crippen molar-refractivity contribution in [3.8, 4) is 27.8 Å². The molecule has 0 saturated carbocycles. The van der Waals surface area contributed by atoms with Gasteiger partial charge in [-0.25, -0.2) is 9.37 Å². The maximum absolute atomic E-state index is 15.4. The molecular formula is C32H34FN5O5SSi. The zero-order chi connectivity index (χ0) is 32.1. The fraction of sp³-hybridized carbons (Fsp3) is 0.250. The first kappa shape index (κ1) is 31.8. The number of nitrogens with two attached hydrogens (primary N) is 1. The summed E-state index contributed by atoms with van der Waals surface area (Å²) in [7, 11) is 0.295. The zero-order valence-electron chi connectivity index (χ0n) is 25.4. The van der Waals surface area contributed by atoms with E-state index in [0.29, 0.717) is 40.7 Å². The van der Waals surface area contributed by atoms with Crippen molar-refractivity contribution in [2.24, 2.45) is 5.73 Å². The number of ether oxygens (including phenoxy) is 3. The van der Waals surface area contributed by atoms with Crippen LogP contribution in [0.4, 0.5) is 10.1 Å². The van der Waals surface area contributed by atoms with Crippen LogP contribution in [-0.4, -0.2) is 48.1 Å². The summed E-state index contributed by atoms with van der Waals surface area (Å²) in [6, 6.07) is 15.2. The van der Waals surface area contributed by atoms with Crippen LogP contribution < -0.4 is 20.5 Å². The third kappa shape index (κ3) is 7.74. The predicted molar refractivity (Wildman–Crippen MR) is 175 cm³/mol. The first-order chi connectivity index (χ1) is 21.5. The fourth-order valence-corrected chi connectivity index (χ4v) is 6.31. The number of fused-ring (bicyclic) bond motifs is 1. The Hall–Kier alpha value is -4.59. The number of carbonyl (C=O) groups excluding carboxylic acids is 2. The molecule has 0 radical (unpaired) electrons. The van der Waals surface area contributed by atoms with Crippen molar-refractivity contribution in [1.29, 1.82) is 0 Å². The second-order valence-electron chi connectivity index (χ2n) is 11.6. The number of rotatable bonds is 13. The molecule has 0 aliphatic heterocycles. The minimum absolute atomic E-state index is 0.0816. The number of thiophene rings is 1. The summed E-state index contributed by atoms with van der Waals surface area (Å²) in [5, 5.41) is 2.63. The van der Waals surface area contributed by atoms with Crippen LogP contribution in [0, 0.1) is 5.82 Å². The van der Waals surface area contributed by atoms with E-state index in [1.807, 2.05) is 16.8 Å². The van der Waals surface area contributed by atoms with E-state index in [2.05, 4.69) is 34.9 Å². The van der Waals surface area contributed by atoms with E-state index in [0.717, 1.165) is 22.7 Å². The van der Waals surface area contributed by atoms with Gasteiger partial charge in [0.05, 0.1) is 39.9 Å². The van der Waals surface area contributed by atoms with Gasteiger partial charge in [0.25, 0.3) is 0 Å². The van der Waals surface area contributed by atoms with Crippen LogP contribution in [0.1, 0.15) is 11.5 Å². The van der Waals surface area contributed by atoms with Crippen LogP contribution in [0.25, 0.3) is 20.8 Å². The molecule has 0 saturated heterocycles. The van der Waals surface area contributed by atoms with Gasteiger partial charge in [0.2, 0.25) is 11.8 Å². The molecular weight excluding hydrogens is 614 g/mol. The average molecular weight is 648 g/mol. The van der Waals surface area contributed by atoms with Crippen LogP contribution in [0.3, 0.4) is 0 Å². The van der Waals surface area contributed by atoms with Gasteiger partial charge in [-0.3, -0.25) is 14.6 Å². The molecule has 3 heterocycles. The molecule has 0 bridgehead atoms. The number of aromatic nitrogens is 3. The van der Waals surface area contributed by atoms with Crippen LogP contribution in [0.15, 0.2) is 73.3 Å². The Morgan fingerprint density at radius 3 is 2.60 bits per heavy atom. The topological polar surface area (TPSA) is 131 Å². The lowest BCUT2D eigenvalue weighted by atomic mass is 9.97. The standard InChI is InChI=1S/C32H34FN5O5SSi/c1-41-26-8-6-5-7-22(26)37-32(40)29(31(34)39)20-9-10-25(21(33)15-20)43-27-11-12-35-23-16-28(44-30(23)27)24-17-38(18-36-24)19-42-13-14-45(2,3)4/h5-12,15-18,29H,13-14,19H2,1-4H3,(H2,34,39)(H,37,40). The van der Waals surface area contributed by atoms with Gasteiger partial charge in [0.15, 0.2) is 11.6 Å². The van der Waals surface area contributed by atoms with Gasteiger partial charge in [0.1, 0.15) is 24.1 Å². The van der Waals surface area contributed by atoms with Crippen molar-refractivity contribution >= 4 is 47.1 Å². The molecule has 0 fully saturated rings. The molecule has 1 atom stereocenters. The van der Waals surface area contributed by atoms with Crippen LogP contribution in [0.2, 0.25) is 25.7 Å². The number of amides is 2. The average Bonchev–Trinajstić information content (AvgIpc) is 3.64. The molecule has 45 heavy (non-hydrogen) atoms. The molecule has 13 heteroatoms. The lowest BCUT2D eigenvalue weighted by molar-refractivity contribution is -0.127. The second kappa shape index (κ2) is 13.6. The molecule has 5 rings (SSSR count). The van der Waals surface area contributed by atoms with E-state index in [-0.39, 0.29) is 11.3 Å². The number of carbonyl (C=O) groups is 2. The second-order valence-corrected chi connectivity index (χ2v) is 18.2. The number of nitrogens with zero attached hydrogens (tertiary/aromatic N) is 3. The van der Waals surface area contributed by atoms with Crippen molar-refractivity contribution in [2.75, 3.05) is 19.0 Å². The highest BCUT2D eigenvalue weighted by atomic mass is 32.1. The van der Waals surface area contributed by atoms with Crippen molar-refractivity contribution < 1.29 is 28.2 Å². The Labute approximate surface area is 265 Å². The Bertz CT molecular complexity index is 1840. The molecule has 3 aromatic heterocycles. The van der Waals surface area contributed by atoms with Crippen molar-refractivity contribution in [2.45, 2.75) is 38.3 Å². The quantitative estimate of drug-likeness (QED) is 0.0834. The monoisotopic (exact) mass is 647 g/mol. The summed E-state index contributed by atoms with van der Waals surface area (Å²) in [5.41, 5.74) is 7.43. The molecule has 0 spiro atoms. The number of hydrogen-bond donors (Lipinski definition) is 2. The van der Waals surface area contributed by atoms with Gasteiger partial charge >= 0.3 is 0 Å². The molecule has 2 amide bonds. The number of anilines is 1. The SMILES string of the molecule is COc1ccccc1NC(=O)C(C(N)=O)c1ccc(Oc2ccnc3cc(-c4cn(COCC[Si](C)(C)C)cn4)sc23)c(F)c1. The summed E-state index contributed by atoms with van der Waals surface area (Å²) in [5.74, 6) is -3.15. The van der Waals surface area contributed by atoms with E-state index >= 15 is 4.39 Å². The number of imidazole rings is 1. The van der Waals surface area contributed by atoms with Crippen molar-refractivity contribution in [3.63, 3.8) is 0 Å². The first-order valence-electron chi connectivity index (χ1n) is 14.2. The Morgan fingerprint density at radius 2 is 1.87 bits per heavy atom. The van der Waals surface area contributed by atoms with Crippen LogP contribution in [-0.2, 0) is 21.1 Å². The number of methoxy groups -OCH3 is 1. The lowest BCUT2D eigenvalue weighted by Gasteiger charge is -2.16. The van der Waals surface area contributed by atoms with Crippen LogP contribution >= 0.6 is 11.3 Å². The molecule has 10 nitrogen and oxygen atoms in total. The van der Waals surface area contributed by atoms with Crippen molar-refractivity contribution in [1.82, 2.24) is 14.5 Å². The Kier molecular flexibility index (Phi) is 9.61. The number of benzene rings is 2. The molecule has 0 aliphatic carbocycles. The Morgan fingerprint density at radius 1 is 1.07 bits per heavy atom. The van der Waals surface area contributed by atoms with E-state index in [4.69, 9.17) is 19.9 Å². The highest BCUT2D eigenvalue weighted by Gasteiger charge is 2.28.